The van der Waals surface area contributed by atoms with Crippen LogP contribution in [0.25, 0.3) is 0 Å². The number of hydrogen-bond acceptors (Lipinski definition) is 2. The SMILES string of the molecule is ClCCl.ClCCl.ClCCl.ClCCl.ClCCl.ClCCl.ClCCl.OCCC(Cl)(Cl)CCO. The van der Waals surface area contributed by atoms with Gasteiger partial charge in [0.2, 0.25) is 0 Å². The molecule has 0 saturated carbocycles. The first-order valence-corrected chi connectivity index (χ1v) is 14.7. The minimum atomic E-state index is -0.955. The lowest BCUT2D eigenvalue weighted by atomic mass is 10.2. The van der Waals surface area contributed by atoms with E-state index in [1.165, 1.54) is 0 Å². The van der Waals surface area contributed by atoms with Crippen LogP contribution in [0.5, 0.6) is 0 Å². The van der Waals surface area contributed by atoms with Gasteiger partial charge in [0.1, 0.15) is 4.33 Å². The van der Waals surface area contributed by atoms with E-state index >= 15 is 0 Å². The molecule has 0 atom stereocenters. The summed E-state index contributed by atoms with van der Waals surface area (Å²) in [6.45, 7) is -0.0972. The predicted molar refractivity (Wildman–Crippen MR) is 154 cm³/mol. The number of alkyl halides is 16. The highest BCUT2D eigenvalue weighted by Gasteiger charge is 2.21. The van der Waals surface area contributed by atoms with E-state index < -0.39 is 4.33 Å². The first-order chi connectivity index (χ1) is 14.0. The molecule has 0 aliphatic carbocycles. The molecule has 0 bridgehead atoms. The quantitative estimate of drug-likeness (QED) is 0.280. The molecular weight excluding hydrogens is 743 g/mol. The molecule has 0 fully saturated rings. The van der Waals surface area contributed by atoms with Crippen molar-refractivity contribution in [3.63, 3.8) is 0 Å². The monoisotopic (exact) mass is 760 g/mol. The average Bonchev–Trinajstić information content (AvgIpc) is 2.59. The first kappa shape index (κ1) is 55.2. The fourth-order valence-corrected chi connectivity index (χ4v) is 0.790. The zero-order chi connectivity index (χ0) is 26.3. The Hall–Kier alpha value is 4.56. The van der Waals surface area contributed by atoms with Crippen LogP contribution < -0.4 is 0 Å². The fraction of sp³-hybridized carbons (Fsp3) is 1.00. The van der Waals surface area contributed by atoms with E-state index in [0.717, 1.165) is 0 Å². The molecule has 0 aromatic rings. The molecule has 2 nitrogen and oxygen atoms in total. The van der Waals surface area contributed by atoms with Crippen molar-refractivity contribution in [1.29, 1.82) is 0 Å². The summed E-state index contributed by atoms with van der Waals surface area (Å²) < 4.78 is -0.955. The Bertz CT molecular complexity index is 146. The van der Waals surface area contributed by atoms with Gasteiger partial charge in [-0.3, -0.25) is 0 Å². The summed E-state index contributed by atoms with van der Waals surface area (Å²) in [5, 5.41) is 18.1. The average molecular weight is 768 g/mol. The van der Waals surface area contributed by atoms with Crippen LogP contribution in [0.3, 0.4) is 0 Å². The molecule has 0 heterocycles. The van der Waals surface area contributed by atoms with Crippen LogP contribution in [-0.2, 0) is 0 Å². The van der Waals surface area contributed by atoms with E-state index in [9.17, 15) is 0 Å². The molecule has 30 heavy (non-hydrogen) atoms. The molecule has 0 aliphatic rings. The summed E-state index contributed by atoms with van der Waals surface area (Å²) in [5.74, 6) is 0. The van der Waals surface area contributed by atoms with Crippen LogP contribution in [0, 0.1) is 0 Å². The Morgan fingerprint density at radius 3 is 0.533 bits per heavy atom. The van der Waals surface area contributed by atoms with Crippen molar-refractivity contribution in [1.82, 2.24) is 0 Å². The molecule has 0 unspecified atom stereocenters. The molecule has 0 radical (unpaired) electrons. The number of hydrogen-bond donors (Lipinski definition) is 2. The molecule has 2 N–H and O–H groups in total. The molecule has 0 spiro atoms. The van der Waals surface area contributed by atoms with Gasteiger partial charge < -0.3 is 10.2 Å². The van der Waals surface area contributed by atoms with Crippen LogP contribution in [0.15, 0.2) is 0 Å². The second-order valence-corrected chi connectivity index (χ2v) is 9.81. The normalized spacial score (nSPS) is 7.80. The number of rotatable bonds is 4. The third-order valence-electron chi connectivity index (χ3n) is 0.955. The van der Waals surface area contributed by atoms with Crippen LogP contribution >= 0.6 is 186 Å². The van der Waals surface area contributed by atoms with Crippen molar-refractivity contribution in [2.24, 2.45) is 0 Å². The Kier molecular flexibility index (Phi) is 141. The van der Waals surface area contributed by atoms with Gasteiger partial charge in [-0.05, 0) is 0 Å². The molecule has 18 heteroatoms. The standard InChI is InChI=1S/C5H10Cl2O2.7CH2Cl2/c6-5(7,1-3-8)2-4-9;7*2-1-3/h8-9H,1-4H2;7*1H2. The highest BCUT2D eigenvalue weighted by molar-refractivity contribution is 6.48. The summed E-state index contributed by atoms with van der Waals surface area (Å²) in [6, 6.07) is 0. The molecule has 0 aromatic heterocycles. The van der Waals surface area contributed by atoms with Crippen molar-refractivity contribution < 1.29 is 10.2 Å². The maximum Gasteiger partial charge on any atom is 0.122 e. The third-order valence-corrected chi connectivity index (χ3v) is 1.71. The first-order valence-electron chi connectivity index (χ1n) is 6.46. The van der Waals surface area contributed by atoms with E-state index in [1.807, 2.05) is 0 Å². The zero-order valence-electron chi connectivity index (χ0n) is 15.2. The predicted octanol–water partition coefficient (Wildman–Crippen LogP) is 10.9. The van der Waals surface area contributed by atoms with E-state index in [-0.39, 0.29) is 50.6 Å². The van der Waals surface area contributed by atoms with E-state index in [1.54, 1.807) is 0 Å². The summed E-state index contributed by atoms with van der Waals surface area (Å²) in [6.07, 6.45) is 0.605. The lowest BCUT2D eigenvalue weighted by Crippen LogP contribution is -2.16. The van der Waals surface area contributed by atoms with Gasteiger partial charge in [-0.25, -0.2) is 0 Å². The van der Waals surface area contributed by atoms with Gasteiger partial charge in [-0.1, -0.05) is 0 Å². The van der Waals surface area contributed by atoms with Crippen molar-refractivity contribution in [3.8, 4) is 0 Å². The van der Waals surface area contributed by atoms with E-state index in [0.29, 0.717) is 12.8 Å². The van der Waals surface area contributed by atoms with Crippen molar-refractivity contribution >= 4 is 186 Å². The lowest BCUT2D eigenvalue weighted by Gasteiger charge is -2.15. The van der Waals surface area contributed by atoms with Crippen LogP contribution in [0.4, 0.5) is 0 Å². The number of halogens is 16. The maximum absolute atomic E-state index is 8.38. The third kappa shape index (κ3) is 206. The van der Waals surface area contributed by atoms with Gasteiger partial charge >= 0.3 is 0 Å². The summed E-state index contributed by atoms with van der Waals surface area (Å²) in [4.78, 5) is 0. The molecule has 0 saturated heterocycles. The number of aliphatic hydroxyl groups excluding tert-OH is 2. The summed E-state index contributed by atoms with van der Waals surface area (Å²) >= 11 is 77.9. The Balaban J connectivity index is -0.0000000330. The van der Waals surface area contributed by atoms with Crippen molar-refractivity contribution in [2.45, 2.75) is 17.2 Å². The Morgan fingerprint density at radius 2 is 0.467 bits per heavy atom. The largest absolute Gasteiger partial charge is 0.396 e. The lowest BCUT2D eigenvalue weighted by molar-refractivity contribution is 0.250. The molecule has 0 aromatic carbocycles. The van der Waals surface area contributed by atoms with Gasteiger partial charge in [0.15, 0.2) is 0 Å². The maximum atomic E-state index is 8.38. The topological polar surface area (TPSA) is 40.5 Å². The molecule has 0 rings (SSSR count). The van der Waals surface area contributed by atoms with Crippen molar-refractivity contribution in [2.75, 3.05) is 50.6 Å². The van der Waals surface area contributed by atoms with Crippen molar-refractivity contribution in [3.05, 3.63) is 0 Å². The van der Waals surface area contributed by atoms with E-state index in [2.05, 4.69) is 0 Å². The van der Waals surface area contributed by atoms with Gasteiger partial charge in [-0.2, -0.15) is 0 Å². The minimum absolute atomic E-state index is 0.0486. The minimum Gasteiger partial charge on any atom is -0.396 e. The zero-order valence-corrected chi connectivity index (χ0v) is 27.3. The van der Waals surface area contributed by atoms with Gasteiger partial charge in [0.05, 0.1) is 37.4 Å². The highest BCUT2D eigenvalue weighted by atomic mass is 35.6. The van der Waals surface area contributed by atoms with Crippen LogP contribution in [0.2, 0.25) is 0 Å². The molecule has 196 valence electrons. The van der Waals surface area contributed by atoms with Crippen LogP contribution in [0.1, 0.15) is 12.8 Å². The molecule has 0 aliphatic heterocycles. The summed E-state index contributed by atoms with van der Waals surface area (Å²) in [7, 11) is 0. The summed E-state index contributed by atoms with van der Waals surface area (Å²) in [5.41, 5.74) is 0. The second-order valence-electron chi connectivity index (χ2n) is 2.51. The Morgan fingerprint density at radius 1 is 0.367 bits per heavy atom. The fourth-order valence-electron chi connectivity index (χ4n) is 0.452. The van der Waals surface area contributed by atoms with Gasteiger partial charge in [-0.15, -0.1) is 186 Å². The molecular formula is C12H24Cl16O2. The van der Waals surface area contributed by atoms with Gasteiger partial charge in [0.25, 0.3) is 0 Å². The highest BCUT2D eigenvalue weighted by Crippen LogP contribution is 2.28. The number of aliphatic hydroxyl groups is 2. The Labute approximate surface area is 260 Å². The molecule has 0 amide bonds. The second kappa shape index (κ2) is 76.5. The smallest absolute Gasteiger partial charge is 0.122 e. The van der Waals surface area contributed by atoms with E-state index in [4.69, 9.17) is 196 Å². The van der Waals surface area contributed by atoms with Gasteiger partial charge in [0, 0.05) is 26.1 Å². The van der Waals surface area contributed by atoms with Crippen LogP contribution in [-0.4, -0.2) is 65.1 Å².